The van der Waals surface area contributed by atoms with Gasteiger partial charge in [0.1, 0.15) is 11.5 Å². The lowest BCUT2D eigenvalue weighted by atomic mass is 9.93. The van der Waals surface area contributed by atoms with E-state index in [-0.39, 0.29) is 0 Å². The van der Waals surface area contributed by atoms with Crippen molar-refractivity contribution in [1.29, 1.82) is 0 Å². The van der Waals surface area contributed by atoms with Gasteiger partial charge < -0.3 is 9.47 Å². The van der Waals surface area contributed by atoms with Gasteiger partial charge in [-0.3, -0.25) is 0 Å². The second kappa shape index (κ2) is 6.00. The van der Waals surface area contributed by atoms with Gasteiger partial charge in [-0.15, -0.1) is 0 Å². The van der Waals surface area contributed by atoms with Gasteiger partial charge in [-0.2, -0.15) is 0 Å². The fraction of sp³-hybridized carbons (Fsp3) is 0.333. The maximum absolute atomic E-state index is 5.65. The largest absolute Gasteiger partial charge is 0.496 e. The van der Waals surface area contributed by atoms with Crippen LogP contribution in [0.15, 0.2) is 30.3 Å². The van der Waals surface area contributed by atoms with Crippen molar-refractivity contribution in [3.05, 3.63) is 58.1 Å². The van der Waals surface area contributed by atoms with Crippen molar-refractivity contribution in [2.75, 3.05) is 14.2 Å². The topological polar surface area (TPSA) is 18.5 Å². The fourth-order valence-electron chi connectivity index (χ4n) is 2.75. The summed E-state index contributed by atoms with van der Waals surface area (Å²) in [5, 5.41) is 0. The molecule has 0 radical (unpaired) electrons. The lowest BCUT2D eigenvalue weighted by molar-refractivity contribution is 0.391. The molecule has 0 aliphatic heterocycles. The van der Waals surface area contributed by atoms with Gasteiger partial charge >= 0.3 is 0 Å². The van der Waals surface area contributed by atoms with Crippen molar-refractivity contribution in [3.63, 3.8) is 0 Å². The van der Waals surface area contributed by atoms with Crippen LogP contribution in [0.2, 0.25) is 0 Å². The predicted molar refractivity (Wildman–Crippen MR) is 83.0 cm³/mol. The van der Waals surface area contributed by atoms with Gasteiger partial charge in [-0.1, -0.05) is 30.3 Å². The molecule has 2 nitrogen and oxygen atoms in total. The summed E-state index contributed by atoms with van der Waals surface area (Å²) in [7, 11) is 3.47. The van der Waals surface area contributed by atoms with Gasteiger partial charge in [-0.25, -0.2) is 0 Å². The second-order valence-electron chi connectivity index (χ2n) is 5.08. The monoisotopic (exact) mass is 270 g/mol. The van der Waals surface area contributed by atoms with Crippen LogP contribution in [-0.4, -0.2) is 14.2 Å². The van der Waals surface area contributed by atoms with E-state index >= 15 is 0 Å². The first kappa shape index (κ1) is 14.4. The Morgan fingerprint density at radius 2 is 1.30 bits per heavy atom. The summed E-state index contributed by atoms with van der Waals surface area (Å²) in [5.41, 5.74) is 5.95. The van der Waals surface area contributed by atoms with Crippen LogP contribution < -0.4 is 9.47 Å². The van der Waals surface area contributed by atoms with Crippen molar-refractivity contribution in [3.8, 4) is 11.5 Å². The van der Waals surface area contributed by atoms with Crippen LogP contribution in [0.1, 0.15) is 27.8 Å². The first-order valence-corrected chi connectivity index (χ1v) is 6.84. The van der Waals surface area contributed by atoms with Gasteiger partial charge in [0, 0.05) is 12.0 Å². The smallest absolute Gasteiger partial charge is 0.126 e. The second-order valence-corrected chi connectivity index (χ2v) is 5.08. The molecule has 20 heavy (non-hydrogen) atoms. The third-order valence-corrected chi connectivity index (χ3v) is 3.94. The van der Waals surface area contributed by atoms with Gasteiger partial charge in [0.2, 0.25) is 0 Å². The Morgan fingerprint density at radius 3 is 1.85 bits per heavy atom. The molecule has 2 rings (SSSR count). The molecule has 0 saturated heterocycles. The lowest BCUT2D eigenvalue weighted by Crippen LogP contribution is -2.04. The van der Waals surface area contributed by atoms with E-state index in [4.69, 9.17) is 9.47 Å². The average molecular weight is 270 g/mol. The van der Waals surface area contributed by atoms with Crippen LogP contribution in [0.5, 0.6) is 11.5 Å². The summed E-state index contributed by atoms with van der Waals surface area (Å²) in [6, 6.07) is 10.4. The maximum atomic E-state index is 5.65. The molecule has 0 N–H and O–H groups in total. The predicted octanol–water partition coefficient (Wildman–Crippen LogP) is 4.22. The van der Waals surface area contributed by atoms with Crippen LogP contribution in [0.3, 0.4) is 0 Å². The minimum absolute atomic E-state index is 0.854. The average Bonchev–Trinajstić information content (AvgIpc) is 2.47. The number of benzene rings is 2. The van der Waals surface area contributed by atoms with E-state index in [0.717, 1.165) is 34.6 Å². The molecule has 0 atom stereocenters. The number of hydrogen-bond donors (Lipinski definition) is 0. The van der Waals surface area contributed by atoms with Crippen molar-refractivity contribution >= 4 is 0 Å². The summed E-state index contributed by atoms with van der Waals surface area (Å²) in [5.74, 6) is 1.94. The van der Waals surface area contributed by atoms with E-state index in [1.54, 1.807) is 14.2 Å². The van der Waals surface area contributed by atoms with E-state index in [9.17, 15) is 0 Å². The van der Waals surface area contributed by atoms with E-state index < -0.39 is 0 Å². The molecule has 0 saturated carbocycles. The molecule has 106 valence electrons. The first-order chi connectivity index (χ1) is 9.60. The lowest BCUT2D eigenvalue weighted by Gasteiger charge is -2.20. The molecule has 0 spiro atoms. The Bertz CT molecular complexity index is 601. The maximum Gasteiger partial charge on any atom is 0.126 e. The van der Waals surface area contributed by atoms with Crippen molar-refractivity contribution in [2.24, 2.45) is 0 Å². The summed E-state index contributed by atoms with van der Waals surface area (Å²) < 4.78 is 11.2. The highest BCUT2D eigenvalue weighted by Gasteiger charge is 2.18. The zero-order valence-electron chi connectivity index (χ0n) is 12.9. The highest BCUT2D eigenvalue weighted by Crippen LogP contribution is 2.38. The Hall–Kier alpha value is -1.96. The standard InChI is InChI=1S/C18H22O2/c1-12-13(2)18(20-5)16(14(3)17(12)19-4)11-15-9-7-6-8-10-15/h6-10H,11H2,1-5H3. The van der Waals surface area contributed by atoms with E-state index in [0.29, 0.717) is 0 Å². The summed E-state index contributed by atoms with van der Waals surface area (Å²) >= 11 is 0. The molecule has 2 heteroatoms. The number of rotatable bonds is 4. The van der Waals surface area contributed by atoms with E-state index in [2.05, 4.69) is 45.0 Å². The molecular weight excluding hydrogens is 248 g/mol. The normalized spacial score (nSPS) is 10.4. The highest BCUT2D eigenvalue weighted by molar-refractivity contribution is 5.59. The van der Waals surface area contributed by atoms with Crippen molar-refractivity contribution in [1.82, 2.24) is 0 Å². The molecule has 0 heterocycles. The van der Waals surface area contributed by atoms with Gasteiger partial charge in [-0.05, 0) is 43.0 Å². The fourth-order valence-corrected chi connectivity index (χ4v) is 2.75. The summed E-state index contributed by atoms with van der Waals surface area (Å²) in [4.78, 5) is 0. The SMILES string of the molecule is COc1c(C)c(C)c(OC)c(Cc2ccccc2)c1C. The minimum Gasteiger partial charge on any atom is -0.496 e. The molecule has 0 aliphatic rings. The Labute approximate surface area is 121 Å². The van der Waals surface area contributed by atoms with Crippen molar-refractivity contribution < 1.29 is 9.47 Å². The molecule has 0 aromatic heterocycles. The van der Waals surface area contributed by atoms with E-state index in [1.807, 2.05) is 6.07 Å². The molecular formula is C18H22O2. The molecule has 0 amide bonds. The summed E-state index contributed by atoms with van der Waals surface area (Å²) in [6.07, 6.45) is 0.854. The zero-order chi connectivity index (χ0) is 14.7. The molecule has 0 unspecified atom stereocenters. The third kappa shape index (κ3) is 2.51. The third-order valence-electron chi connectivity index (χ3n) is 3.94. The Balaban J connectivity index is 2.59. The van der Waals surface area contributed by atoms with Crippen LogP contribution in [0.4, 0.5) is 0 Å². The van der Waals surface area contributed by atoms with Gasteiger partial charge in [0.15, 0.2) is 0 Å². The number of methoxy groups -OCH3 is 2. The molecule has 0 fully saturated rings. The van der Waals surface area contributed by atoms with E-state index in [1.165, 1.54) is 11.1 Å². The van der Waals surface area contributed by atoms with Crippen LogP contribution in [0, 0.1) is 20.8 Å². The zero-order valence-corrected chi connectivity index (χ0v) is 12.9. The van der Waals surface area contributed by atoms with Crippen LogP contribution >= 0.6 is 0 Å². The van der Waals surface area contributed by atoms with Crippen LogP contribution in [0.25, 0.3) is 0 Å². The van der Waals surface area contributed by atoms with Crippen molar-refractivity contribution in [2.45, 2.75) is 27.2 Å². The quantitative estimate of drug-likeness (QED) is 0.828. The van der Waals surface area contributed by atoms with Gasteiger partial charge in [0.25, 0.3) is 0 Å². The Kier molecular flexibility index (Phi) is 4.33. The highest BCUT2D eigenvalue weighted by atomic mass is 16.5. The molecule has 2 aromatic rings. The molecule has 2 aromatic carbocycles. The minimum atomic E-state index is 0.854. The first-order valence-electron chi connectivity index (χ1n) is 6.84. The molecule has 0 bridgehead atoms. The van der Waals surface area contributed by atoms with Crippen LogP contribution in [-0.2, 0) is 6.42 Å². The van der Waals surface area contributed by atoms with Gasteiger partial charge in [0.05, 0.1) is 14.2 Å². The Morgan fingerprint density at radius 1 is 0.750 bits per heavy atom. The summed E-state index contributed by atoms with van der Waals surface area (Å²) in [6.45, 7) is 6.27. The number of hydrogen-bond acceptors (Lipinski definition) is 2. The number of ether oxygens (including phenoxy) is 2. The molecule has 0 aliphatic carbocycles.